The van der Waals surface area contributed by atoms with Crippen LogP contribution in [0.1, 0.15) is 36.8 Å². The van der Waals surface area contributed by atoms with Crippen LogP contribution in [0.3, 0.4) is 0 Å². The summed E-state index contributed by atoms with van der Waals surface area (Å²) in [5, 5.41) is 9.83. The summed E-state index contributed by atoms with van der Waals surface area (Å²) < 4.78 is 65.3. The van der Waals surface area contributed by atoms with Crippen molar-refractivity contribution in [2.24, 2.45) is 5.92 Å². The first-order valence-corrected chi connectivity index (χ1v) is 10.6. The fraction of sp³-hybridized carbons (Fsp3) is 0.667. The Morgan fingerprint density at radius 2 is 1.73 bits per heavy atom. The lowest BCUT2D eigenvalue weighted by Crippen LogP contribution is -2.46. The molecule has 0 amide bonds. The molecular weight excluding hydrogens is 367 g/mol. The molecule has 0 aromatic heterocycles. The zero-order valence-electron chi connectivity index (χ0n) is 14.5. The number of aliphatic hydroxyl groups is 1. The number of benzene rings is 1. The monoisotopic (exact) mass is 391 g/mol. The van der Waals surface area contributed by atoms with Crippen LogP contribution in [-0.2, 0) is 22.9 Å². The molecule has 1 aliphatic heterocycles. The average molecular weight is 391 g/mol. The number of hydrogen-bond donors (Lipinski definition) is 1. The molecule has 2 aliphatic rings. The molecule has 0 radical (unpaired) electrons. The highest BCUT2D eigenvalue weighted by Gasteiger charge is 2.54. The van der Waals surface area contributed by atoms with E-state index in [4.69, 9.17) is 0 Å². The molecule has 1 aliphatic carbocycles. The minimum Gasteiger partial charge on any atom is -0.380 e. The second-order valence-corrected chi connectivity index (χ2v) is 9.52. The van der Waals surface area contributed by atoms with Crippen molar-refractivity contribution in [2.45, 2.75) is 50.3 Å². The maximum atomic E-state index is 13.0. The predicted octanol–water partition coefficient (Wildman–Crippen LogP) is 2.90. The topological polar surface area (TPSA) is 57.6 Å². The molecule has 1 heterocycles. The minimum atomic E-state index is -4.73. The summed E-state index contributed by atoms with van der Waals surface area (Å²) >= 11 is 0. The van der Waals surface area contributed by atoms with Crippen molar-refractivity contribution in [1.82, 2.24) is 4.31 Å². The zero-order chi connectivity index (χ0) is 19.0. The van der Waals surface area contributed by atoms with Gasteiger partial charge >= 0.3 is 6.18 Å². The van der Waals surface area contributed by atoms with Crippen molar-refractivity contribution in [3.8, 4) is 0 Å². The molecule has 4 nitrogen and oxygen atoms in total. The molecule has 0 unspecified atom stereocenters. The van der Waals surface area contributed by atoms with Crippen molar-refractivity contribution in [2.75, 3.05) is 18.8 Å². The van der Waals surface area contributed by atoms with E-state index in [2.05, 4.69) is 12.1 Å². The molecule has 0 bridgehead atoms. The van der Waals surface area contributed by atoms with Crippen LogP contribution >= 0.6 is 0 Å². The van der Waals surface area contributed by atoms with Crippen molar-refractivity contribution >= 4 is 10.0 Å². The van der Waals surface area contributed by atoms with E-state index in [1.54, 1.807) is 0 Å². The first-order chi connectivity index (χ1) is 12.1. The van der Waals surface area contributed by atoms with Gasteiger partial charge in [-0.15, -0.1) is 0 Å². The molecule has 1 saturated heterocycles. The van der Waals surface area contributed by atoms with Crippen LogP contribution in [0, 0.1) is 5.92 Å². The fourth-order valence-corrected chi connectivity index (χ4v) is 5.62. The molecule has 0 spiro atoms. The van der Waals surface area contributed by atoms with E-state index in [0.29, 0.717) is 6.42 Å². The second kappa shape index (κ2) is 7.13. The number of sulfonamides is 1. The van der Waals surface area contributed by atoms with Gasteiger partial charge in [-0.25, -0.2) is 12.7 Å². The third kappa shape index (κ3) is 4.07. The molecular formula is C18H24F3NO3S. The quantitative estimate of drug-likeness (QED) is 0.859. The summed E-state index contributed by atoms with van der Waals surface area (Å²) in [4.78, 5) is 0. The lowest BCUT2D eigenvalue weighted by molar-refractivity contribution is -0.263. The number of halogens is 3. The first-order valence-electron chi connectivity index (χ1n) is 8.94. The Balaban J connectivity index is 1.57. The fourth-order valence-electron chi connectivity index (χ4n) is 3.95. The molecule has 3 rings (SSSR count). The van der Waals surface area contributed by atoms with E-state index >= 15 is 0 Å². The lowest BCUT2D eigenvalue weighted by atomic mass is 9.94. The van der Waals surface area contributed by atoms with Crippen LogP contribution in [-0.4, -0.2) is 48.4 Å². The molecule has 1 fully saturated rings. The first kappa shape index (κ1) is 19.6. The van der Waals surface area contributed by atoms with Crippen LogP contribution in [0.15, 0.2) is 24.3 Å². The van der Waals surface area contributed by atoms with Gasteiger partial charge < -0.3 is 5.11 Å². The van der Waals surface area contributed by atoms with Gasteiger partial charge in [0.2, 0.25) is 10.0 Å². The van der Waals surface area contributed by atoms with Gasteiger partial charge in [0.25, 0.3) is 0 Å². The number of fused-ring (bicyclic) bond motifs is 1. The van der Waals surface area contributed by atoms with E-state index in [0.717, 1.165) is 17.1 Å². The molecule has 1 N–H and O–H groups in total. The summed E-state index contributed by atoms with van der Waals surface area (Å²) in [6, 6.07) is 8.04. The lowest BCUT2D eigenvalue weighted by Gasteiger charge is -2.29. The summed E-state index contributed by atoms with van der Waals surface area (Å²) in [7, 11) is -3.62. The van der Waals surface area contributed by atoms with E-state index in [1.165, 1.54) is 11.1 Å². The Bertz CT molecular complexity index is 725. The van der Waals surface area contributed by atoms with E-state index in [1.807, 2.05) is 12.1 Å². The Labute approximate surface area is 152 Å². The van der Waals surface area contributed by atoms with Crippen LogP contribution < -0.4 is 0 Å². The van der Waals surface area contributed by atoms with Crippen molar-refractivity contribution in [3.63, 3.8) is 0 Å². The highest BCUT2D eigenvalue weighted by Crippen LogP contribution is 2.38. The molecule has 8 heteroatoms. The standard InChI is InChI=1S/C18H24F3NO3S/c19-18(20,21)17(23)7-3-9-22(10-8-17)26(24,25)11-6-14-12-15-4-1-2-5-16(15)13-14/h1-2,4-5,14,23H,3,6-13H2/t17-/m0/s1. The van der Waals surface area contributed by atoms with Crippen molar-refractivity contribution in [1.29, 1.82) is 0 Å². The minimum absolute atomic E-state index is 0.00408. The van der Waals surface area contributed by atoms with Gasteiger partial charge in [0, 0.05) is 13.1 Å². The number of nitrogens with zero attached hydrogens (tertiary/aromatic N) is 1. The van der Waals surface area contributed by atoms with Gasteiger partial charge in [-0.2, -0.15) is 13.2 Å². The average Bonchev–Trinajstić information content (AvgIpc) is 2.86. The number of hydrogen-bond acceptors (Lipinski definition) is 3. The Morgan fingerprint density at radius 1 is 1.12 bits per heavy atom. The highest BCUT2D eigenvalue weighted by molar-refractivity contribution is 7.89. The third-order valence-corrected chi connectivity index (χ3v) is 7.52. The molecule has 26 heavy (non-hydrogen) atoms. The van der Waals surface area contributed by atoms with Crippen LogP contribution in [0.25, 0.3) is 0 Å². The molecule has 146 valence electrons. The summed E-state index contributed by atoms with van der Waals surface area (Å²) in [6.07, 6.45) is -3.60. The Kier molecular flexibility index (Phi) is 5.38. The number of rotatable bonds is 4. The summed E-state index contributed by atoms with van der Waals surface area (Å²) in [6.45, 7) is -0.255. The van der Waals surface area contributed by atoms with E-state index < -0.39 is 34.6 Å². The summed E-state index contributed by atoms with van der Waals surface area (Å²) in [5.41, 5.74) is -0.287. The Morgan fingerprint density at radius 3 is 2.31 bits per heavy atom. The van der Waals surface area contributed by atoms with Gasteiger partial charge in [-0.1, -0.05) is 24.3 Å². The molecule has 1 aromatic rings. The van der Waals surface area contributed by atoms with Crippen LogP contribution in [0.5, 0.6) is 0 Å². The van der Waals surface area contributed by atoms with Gasteiger partial charge in [0.05, 0.1) is 5.75 Å². The van der Waals surface area contributed by atoms with Gasteiger partial charge in [0.15, 0.2) is 5.60 Å². The zero-order valence-corrected chi connectivity index (χ0v) is 15.3. The predicted molar refractivity (Wildman–Crippen MR) is 92.2 cm³/mol. The van der Waals surface area contributed by atoms with Crippen molar-refractivity contribution < 1.29 is 26.7 Å². The maximum absolute atomic E-state index is 13.0. The smallest absolute Gasteiger partial charge is 0.380 e. The van der Waals surface area contributed by atoms with Gasteiger partial charge in [-0.05, 0) is 55.6 Å². The summed E-state index contributed by atoms with van der Waals surface area (Å²) in [5.74, 6) is 0.192. The van der Waals surface area contributed by atoms with Gasteiger partial charge in [-0.3, -0.25) is 0 Å². The van der Waals surface area contributed by atoms with Crippen LogP contribution in [0.4, 0.5) is 13.2 Å². The molecule has 1 aromatic carbocycles. The largest absolute Gasteiger partial charge is 0.417 e. The van der Waals surface area contributed by atoms with E-state index in [-0.39, 0.29) is 31.2 Å². The van der Waals surface area contributed by atoms with Crippen LogP contribution in [0.2, 0.25) is 0 Å². The van der Waals surface area contributed by atoms with Gasteiger partial charge in [0.1, 0.15) is 0 Å². The maximum Gasteiger partial charge on any atom is 0.417 e. The molecule has 1 atom stereocenters. The normalized spacial score (nSPS) is 25.8. The Hall–Kier alpha value is -1.12. The highest BCUT2D eigenvalue weighted by atomic mass is 32.2. The SMILES string of the molecule is O=S(=O)(CCC1Cc2ccccc2C1)N1CCC[C@@](O)(C(F)(F)F)CC1. The third-order valence-electron chi connectivity index (χ3n) is 5.61. The van der Waals surface area contributed by atoms with Crippen molar-refractivity contribution in [3.05, 3.63) is 35.4 Å². The second-order valence-electron chi connectivity index (χ2n) is 7.43. The number of alkyl halides is 3. The molecule has 0 saturated carbocycles. The van der Waals surface area contributed by atoms with E-state index in [9.17, 15) is 26.7 Å².